The monoisotopic (exact) mass is 253 g/mol. The summed E-state index contributed by atoms with van der Waals surface area (Å²) in [7, 11) is 0. The van der Waals surface area contributed by atoms with Crippen LogP contribution in [0.5, 0.6) is 0 Å². The quantitative estimate of drug-likeness (QED) is 0.533. The van der Waals surface area contributed by atoms with E-state index < -0.39 is 30.4 Å². The molecule has 9 heteroatoms. The van der Waals surface area contributed by atoms with Crippen LogP contribution in [0.2, 0.25) is 0 Å². The van der Waals surface area contributed by atoms with Gasteiger partial charge in [-0.15, -0.1) is 0 Å². The summed E-state index contributed by atoms with van der Waals surface area (Å²) in [5, 5.41) is 12.6. The molecule has 3 amide bonds. The fraction of sp³-hybridized carbons (Fsp3) is 0.222. The molecule has 0 saturated carbocycles. The standard InChI is InChI=1S/C9H11N5O4/c10-5(8(16)17)3-7(15)14-9(18)13-6-4-11-1-2-12-6/h1-2,4-5H,3,10H2,(H,16,17)(H2,12,13,14,15,18). The molecule has 1 unspecified atom stereocenters. The number of carboxylic acids is 1. The van der Waals surface area contributed by atoms with Crippen LogP contribution in [0.3, 0.4) is 0 Å². The normalized spacial score (nSPS) is 11.4. The Hall–Kier alpha value is -2.55. The van der Waals surface area contributed by atoms with Crippen molar-refractivity contribution in [2.75, 3.05) is 5.32 Å². The first-order chi connectivity index (χ1) is 8.49. The SMILES string of the molecule is NC(CC(=O)NC(=O)Nc1cnccn1)C(=O)O. The maximum absolute atomic E-state index is 11.3. The van der Waals surface area contributed by atoms with E-state index >= 15 is 0 Å². The number of imide groups is 1. The molecule has 0 aliphatic heterocycles. The van der Waals surface area contributed by atoms with E-state index in [1.165, 1.54) is 18.6 Å². The molecule has 18 heavy (non-hydrogen) atoms. The fourth-order valence-electron chi connectivity index (χ4n) is 0.976. The second-order valence-corrected chi connectivity index (χ2v) is 3.24. The van der Waals surface area contributed by atoms with Crippen LogP contribution in [-0.4, -0.2) is 39.0 Å². The maximum atomic E-state index is 11.3. The lowest BCUT2D eigenvalue weighted by Crippen LogP contribution is -2.40. The van der Waals surface area contributed by atoms with Crippen LogP contribution in [0.15, 0.2) is 18.6 Å². The lowest BCUT2D eigenvalue weighted by atomic mass is 10.2. The minimum absolute atomic E-state index is 0.158. The van der Waals surface area contributed by atoms with Crippen LogP contribution < -0.4 is 16.4 Å². The van der Waals surface area contributed by atoms with E-state index in [0.29, 0.717) is 0 Å². The molecule has 0 spiro atoms. The molecule has 0 aliphatic carbocycles. The lowest BCUT2D eigenvalue weighted by molar-refractivity contribution is -0.140. The zero-order valence-corrected chi connectivity index (χ0v) is 9.16. The summed E-state index contributed by atoms with van der Waals surface area (Å²) in [6, 6.07) is -2.19. The highest BCUT2D eigenvalue weighted by molar-refractivity contribution is 6.01. The summed E-state index contributed by atoms with van der Waals surface area (Å²) < 4.78 is 0. The lowest BCUT2D eigenvalue weighted by Gasteiger charge is -2.07. The fourth-order valence-corrected chi connectivity index (χ4v) is 0.976. The zero-order valence-electron chi connectivity index (χ0n) is 9.16. The van der Waals surface area contributed by atoms with Crippen molar-refractivity contribution in [2.45, 2.75) is 12.5 Å². The van der Waals surface area contributed by atoms with Crippen molar-refractivity contribution in [1.82, 2.24) is 15.3 Å². The van der Waals surface area contributed by atoms with Gasteiger partial charge < -0.3 is 10.8 Å². The van der Waals surface area contributed by atoms with Crippen LogP contribution in [0.25, 0.3) is 0 Å². The van der Waals surface area contributed by atoms with Gasteiger partial charge in [0.05, 0.1) is 12.6 Å². The summed E-state index contributed by atoms with van der Waals surface area (Å²) >= 11 is 0. The van der Waals surface area contributed by atoms with Gasteiger partial charge in [-0.25, -0.2) is 9.78 Å². The van der Waals surface area contributed by atoms with Gasteiger partial charge in [0, 0.05) is 12.4 Å². The van der Waals surface area contributed by atoms with Gasteiger partial charge >= 0.3 is 12.0 Å². The predicted octanol–water partition coefficient (Wildman–Crippen LogP) is -1.07. The van der Waals surface area contributed by atoms with Gasteiger partial charge in [0.2, 0.25) is 5.91 Å². The number of anilines is 1. The highest BCUT2D eigenvalue weighted by Crippen LogP contribution is 1.96. The van der Waals surface area contributed by atoms with E-state index in [1.807, 2.05) is 5.32 Å². The molecule has 0 radical (unpaired) electrons. The number of hydrogen-bond acceptors (Lipinski definition) is 6. The molecule has 0 fully saturated rings. The van der Waals surface area contributed by atoms with Crippen LogP contribution in [-0.2, 0) is 9.59 Å². The van der Waals surface area contributed by atoms with Crippen LogP contribution in [0.1, 0.15) is 6.42 Å². The molecule has 9 nitrogen and oxygen atoms in total. The molecule has 0 aliphatic rings. The summed E-state index contributed by atoms with van der Waals surface area (Å²) in [4.78, 5) is 40.3. The van der Waals surface area contributed by atoms with Gasteiger partial charge in [0.1, 0.15) is 6.04 Å². The molecule has 1 aromatic heterocycles. The van der Waals surface area contributed by atoms with Crippen molar-refractivity contribution in [1.29, 1.82) is 0 Å². The predicted molar refractivity (Wildman–Crippen MR) is 59.4 cm³/mol. The molecule has 0 saturated heterocycles. The number of carboxylic acid groups (broad SMARTS) is 1. The Bertz CT molecular complexity index is 450. The highest BCUT2D eigenvalue weighted by Gasteiger charge is 2.17. The summed E-state index contributed by atoms with van der Waals surface area (Å²) in [5.74, 6) is -1.96. The molecule has 5 N–H and O–H groups in total. The molecule has 96 valence electrons. The van der Waals surface area contributed by atoms with Gasteiger partial charge in [-0.05, 0) is 0 Å². The van der Waals surface area contributed by atoms with Crippen molar-refractivity contribution < 1.29 is 19.5 Å². The second kappa shape index (κ2) is 6.25. The molecular weight excluding hydrogens is 242 g/mol. The van der Waals surface area contributed by atoms with Crippen LogP contribution in [0, 0.1) is 0 Å². The van der Waals surface area contributed by atoms with E-state index in [-0.39, 0.29) is 5.82 Å². The highest BCUT2D eigenvalue weighted by atomic mass is 16.4. The maximum Gasteiger partial charge on any atom is 0.327 e. The molecule has 0 aromatic carbocycles. The van der Waals surface area contributed by atoms with Crippen molar-refractivity contribution >= 4 is 23.7 Å². The van der Waals surface area contributed by atoms with E-state index in [0.717, 1.165) is 0 Å². The Morgan fingerprint density at radius 2 is 2.11 bits per heavy atom. The molecule has 0 bridgehead atoms. The third-order valence-corrected chi connectivity index (χ3v) is 1.78. The van der Waals surface area contributed by atoms with E-state index in [9.17, 15) is 14.4 Å². The number of nitrogens with one attached hydrogen (secondary N) is 2. The van der Waals surface area contributed by atoms with Gasteiger partial charge in [-0.1, -0.05) is 0 Å². The number of carbonyl (C=O) groups is 3. The van der Waals surface area contributed by atoms with E-state index in [4.69, 9.17) is 10.8 Å². The Morgan fingerprint density at radius 1 is 1.39 bits per heavy atom. The van der Waals surface area contributed by atoms with Crippen molar-refractivity contribution in [3.63, 3.8) is 0 Å². The number of rotatable bonds is 4. The average Bonchev–Trinajstić information content (AvgIpc) is 2.29. The minimum atomic E-state index is -1.35. The first kappa shape index (κ1) is 13.5. The Morgan fingerprint density at radius 3 is 2.67 bits per heavy atom. The molecular formula is C9H11N5O4. The Kier molecular flexibility index (Phi) is 4.69. The van der Waals surface area contributed by atoms with Crippen molar-refractivity contribution in [3.05, 3.63) is 18.6 Å². The summed E-state index contributed by atoms with van der Waals surface area (Å²) in [5.41, 5.74) is 5.13. The topological polar surface area (TPSA) is 147 Å². The Balaban J connectivity index is 2.41. The average molecular weight is 253 g/mol. The van der Waals surface area contributed by atoms with Gasteiger partial charge in [0.25, 0.3) is 0 Å². The number of urea groups is 1. The number of aromatic nitrogens is 2. The molecule has 1 atom stereocenters. The number of aliphatic carboxylic acids is 1. The molecule has 1 heterocycles. The summed E-state index contributed by atoms with van der Waals surface area (Å²) in [6.07, 6.45) is 3.56. The van der Waals surface area contributed by atoms with Crippen LogP contribution in [0.4, 0.5) is 10.6 Å². The van der Waals surface area contributed by atoms with Gasteiger partial charge in [-0.2, -0.15) is 0 Å². The zero-order chi connectivity index (χ0) is 13.5. The van der Waals surface area contributed by atoms with E-state index in [1.54, 1.807) is 0 Å². The van der Waals surface area contributed by atoms with Gasteiger partial charge in [0.15, 0.2) is 5.82 Å². The molecule has 1 rings (SSSR count). The van der Waals surface area contributed by atoms with Gasteiger partial charge in [-0.3, -0.25) is 25.2 Å². The Labute approximate surface area is 101 Å². The first-order valence-electron chi connectivity index (χ1n) is 4.84. The third kappa shape index (κ3) is 4.53. The number of carbonyl (C=O) groups excluding carboxylic acids is 2. The largest absolute Gasteiger partial charge is 0.480 e. The smallest absolute Gasteiger partial charge is 0.327 e. The summed E-state index contributed by atoms with van der Waals surface area (Å²) in [6.45, 7) is 0. The van der Waals surface area contributed by atoms with Crippen LogP contribution >= 0.6 is 0 Å². The first-order valence-corrected chi connectivity index (χ1v) is 4.84. The van der Waals surface area contributed by atoms with Crippen molar-refractivity contribution in [3.8, 4) is 0 Å². The number of hydrogen-bond donors (Lipinski definition) is 4. The van der Waals surface area contributed by atoms with Crippen molar-refractivity contribution in [2.24, 2.45) is 5.73 Å². The second-order valence-electron chi connectivity index (χ2n) is 3.24. The number of amides is 3. The van der Waals surface area contributed by atoms with E-state index in [2.05, 4.69) is 15.3 Å². The molecule has 1 aromatic rings. The minimum Gasteiger partial charge on any atom is -0.480 e. The third-order valence-electron chi connectivity index (χ3n) is 1.78. The number of nitrogens with zero attached hydrogens (tertiary/aromatic N) is 2. The number of nitrogens with two attached hydrogens (primary N) is 1.